The van der Waals surface area contributed by atoms with Gasteiger partial charge in [0.2, 0.25) is 0 Å². The molecule has 1 aromatic heterocycles. The fourth-order valence-electron chi connectivity index (χ4n) is 2.01. The minimum atomic E-state index is -0.0333. The lowest BCUT2D eigenvalue weighted by Gasteiger charge is -2.19. The van der Waals surface area contributed by atoms with Gasteiger partial charge in [-0.25, -0.2) is 4.98 Å². The summed E-state index contributed by atoms with van der Waals surface area (Å²) in [5, 5.41) is 6.94. The minimum Gasteiger partial charge on any atom is -0.352 e. The number of hydrogen-bond donors (Lipinski definition) is 1. The first-order valence-corrected chi connectivity index (χ1v) is 7.18. The molecule has 0 bridgehead atoms. The summed E-state index contributed by atoms with van der Waals surface area (Å²) in [5.74, 6) is -0.0333. The van der Waals surface area contributed by atoms with Crippen LogP contribution in [0.3, 0.4) is 0 Å². The summed E-state index contributed by atoms with van der Waals surface area (Å²) in [6.07, 6.45) is 4.01. The molecule has 2 aromatic rings. The second-order valence-corrected chi connectivity index (χ2v) is 6.10. The summed E-state index contributed by atoms with van der Waals surface area (Å²) in [5.41, 5.74) is 2.03. The van der Waals surface area contributed by atoms with Crippen molar-refractivity contribution in [2.24, 2.45) is 0 Å². The van der Waals surface area contributed by atoms with Gasteiger partial charge < -0.3 is 5.32 Å². The van der Waals surface area contributed by atoms with Crippen LogP contribution in [-0.4, -0.2) is 27.2 Å². The summed E-state index contributed by atoms with van der Waals surface area (Å²) in [7, 11) is 0. The summed E-state index contributed by atoms with van der Waals surface area (Å²) in [4.78, 5) is 15.9. The van der Waals surface area contributed by atoms with Gasteiger partial charge in [0.25, 0.3) is 5.91 Å². The van der Waals surface area contributed by atoms with Crippen LogP contribution < -0.4 is 5.32 Å². The molecule has 0 aliphatic heterocycles. The largest absolute Gasteiger partial charge is 0.352 e. The van der Waals surface area contributed by atoms with E-state index in [0.717, 1.165) is 13.0 Å². The normalized spacial score (nSPS) is 11.4. The lowest BCUT2D eigenvalue weighted by Crippen LogP contribution is -2.25. The molecule has 0 aliphatic carbocycles. The van der Waals surface area contributed by atoms with Crippen molar-refractivity contribution < 1.29 is 4.79 Å². The van der Waals surface area contributed by atoms with Crippen molar-refractivity contribution in [1.82, 2.24) is 20.1 Å². The average molecular weight is 286 g/mol. The Hall–Kier alpha value is -2.17. The first kappa shape index (κ1) is 15.2. The number of benzene rings is 1. The molecule has 21 heavy (non-hydrogen) atoms. The SMILES string of the molecule is CC(C)(C)c1ccc(C(=O)NCCCn2cncn2)cc1. The third-order valence-electron chi connectivity index (χ3n) is 3.33. The number of amides is 1. The molecule has 0 saturated heterocycles. The topological polar surface area (TPSA) is 59.8 Å². The standard InChI is InChI=1S/C16H22N4O/c1-16(2,3)14-7-5-13(6-8-14)15(21)18-9-4-10-20-12-17-11-19-20/h5-8,11-12H,4,9-10H2,1-3H3,(H,18,21). The highest BCUT2D eigenvalue weighted by Gasteiger charge is 2.14. The van der Waals surface area contributed by atoms with Gasteiger partial charge in [-0.3, -0.25) is 9.48 Å². The zero-order valence-electron chi connectivity index (χ0n) is 12.8. The van der Waals surface area contributed by atoms with Gasteiger partial charge in [-0.1, -0.05) is 32.9 Å². The number of aromatic nitrogens is 3. The summed E-state index contributed by atoms with van der Waals surface area (Å²) < 4.78 is 1.75. The van der Waals surface area contributed by atoms with Crippen LogP contribution in [0.15, 0.2) is 36.9 Å². The van der Waals surface area contributed by atoms with E-state index in [2.05, 4.69) is 36.2 Å². The average Bonchev–Trinajstić information content (AvgIpc) is 2.96. The first-order chi connectivity index (χ1) is 9.97. The Morgan fingerprint density at radius 3 is 2.52 bits per heavy atom. The highest BCUT2D eigenvalue weighted by Crippen LogP contribution is 2.22. The number of carbonyl (C=O) groups excluding carboxylic acids is 1. The maximum atomic E-state index is 12.0. The fourth-order valence-corrected chi connectivity index (χ4v) is 2.01. The molecule has 0 saturated carbocycles. The molecule has 0 aliphatic rings. The van der Waals surface area contributed by atoms with Gasteiger partial charge in [-0.2, -0.15) is 5.10 Å². The van der Waals surface area contributed by atoms with E-state index in [-0.39, 0.29) is 11.3 Å². The van der Waals surface area contributed by atoms with E-state index in [1.807, 2.05) is 24.3 Å². The summed E-state index contributed by atoms with van der Waals surface area (Å²) in [6, 6.07) is 7.80. The van der Waals surface area contributed by atoms with Gasteiger partial charge in [0.05, 0.1) is 0 Å². The molecule has 1 heterocycles. The quantitative estimate of drug-likeness (QED) is 0.859. The minimum absolute atomic E-state index is 0.0333. The molecule has 0 radical (unpaired) electrons. The van der Waals surface area contributed by atoms with Crippen molar-refractivity contribution in [3.05, 3.63) is 48.0 Å². The van der Waals surface area contributed by atoms with E-state index in [4.69, 9.17) is 0 Å². The monoisotopic (exact) mass is 286 g/mol. The Bertz CT molecular complexity index is 567. The third kappa shape index (κ3) is 4.41. The van der Waals surface area contributed by atoms with E-state index < -0.39 is 0 Å². The van der Waals surface area contributed by atoms with Crippen LogP contribution >= 0.6 is 0 Å². The molecular weight excluding hydrogens is 264 g/mol. The predicted molar refractivity (Wildman–Crippen MR) is 82.1 cm³/mol. The first-order valence-electron chi connectivity index (χ1n) is 7.18. The predicted octanol–water partition coefficient (Wildman–Crippen LogP) is 2.40. The zero-order chi connectivity index (χ0) is 15.3. The van der Waals surface area contributed by atoms with Crippen molar-refractivity contribution in [1.29, 1.82) is 0 Å². The van der Waals surface area contributed by atoms with Crippen LogP contribution in [0, 0.1) is 0 Å². The smallest absolute Gasteiger partial charge is 0.251 e. The Morgan fingerprint density at radius 2 is 1.95 bits per heavy atom. The Balaban J connectivity index is 1.80. The molecule has 112 valence electrons. The van der Waals surface area contributed by atoms with Gasteiger partial charge in [-0.05, 0) is 29.5 Å². The molecule has 0 atom stereocenters. The molecule has 1 N–H and O–H groups in total. The van der Waals surface area contributed by atoms with Crippen LogP contribution in [0.4, 0.5) is 0 Å². The van der Waals surface area contributed by atoms with Crippen LogP contribution in [0.25, 0.3) is 0 Å². The van der Waals surface area contributed by atoms with Crippen molar-refractivity contribution in [2.45, 2.75) is 39.2 Å². The molecule has 5 heteroatoms. The van der Waals surface area contributed by atoms with Crippen LogP contribution in [0.1, 0.15) is 43.1 Å². The second-order valence-electron chi connectivity index (χ2n) is 6.10. The summed E-state index contributed by atoms with van der Waals surface area (Å²) >= 11 is 0. The number of hydrogen-bond acceptors (Lipinski definition) is 3. The molecule has 0 spiro atoms. The molecule has 0 fully saturated rings. The van der Waals surface area contributed by atoms with Gasteiger partial charge in [0, 0.05) is 18.7 Å². The Kier molecular flexibility index (Phi) is 4.73. The molecule has 0 unspecified atom stereocenters. The van der Waals surface area contributed by atoms with E-state index in [1.165, 1.54) is 11.9 Å². The number of nitrogens with one attached hydrogen (secondary N) is 1. The number of rotatable bonds is 5. The van der Waals surface area contributed by atoms with Crippen molar-refractivity contribution in [3.8, 4) is 0 Å². The van der Waals surface area contributed by atoms with Gasteiger partial charge >= 0.3 is 0 Å². The van der Waals surface area contributed by atoms with Crippen LogP contribution in [0.2, 0.25) is 0 Å². The maximum Gasteiger partial charge on any atom is 0.251 e. The van der Waals surface area contributed by atoms with E-state index >= 15 is 0 Å². The van der Waals surface area contributed by atoms with E-state index in [0.29, 0.717) is 12.1 Å². The Morgan fingerprint density at radius 1 is 1.24 bits per heavy atom. The third-order valence-corrected chi connectivity index (χ3v) is 3.33. The van der Waals surface area contributed by atoms with Crippen molar-refractivity contribution >= 4 is 5.91 Å². The fraction of sp³-hybridized carbons (Fsp3) is 0.438. The maximum absolute atomic E-state index is 12.0. The second kappa shape index (κ2) is 6.52. The van der Waals surface area contributed by atoms with Gasteiger partial charge in [0.15, 0.2) is 0 Å². The molecule has 1 aromatic carbocycles. The number of aryl methyl sites for hydroxylation is 1. The molecule has 2 rings (SSSR count). The van der Waals surface area contributed by atoms with Crippen LogP contribution in [-0.2, 0) is 12.0 Å². The molecular formula is C16H22N4O. The van der Waals surface area contributed by atoms with Gasteiger partial charge in [-0.15, -0.1) is 0 Å². The zero-order valence-corrected chi connectivity index (χ0v) is 12.8. The molecule has 5 nitrogen and oxygen atoms in total. The highest BCUT2D eigenvalue weighted by atomic mass is 16.1. The van der Waals surface area contributed by atoms with Crippen molar-refractivity contribution in [3.63, 3.8) is 0 Å². The van der Waals surface area contributed by atoms with Crippen molar-refractivity contribution in [2.75, 3.05) is 6.54 Å². The number of carbonyl (C=O) groups is 1. The molecule has 1 amide bonds. The van der Waals surface area contributed by atoms with Gasteiger partial charge in [0.1, 0.15) is 12.7 Å². The lowest BCUT2D eigenvalue weighted by molar-refractivity contribution is 0.0952. The number of nitrogens with zero attached hydrogens (tertiary/aromatic N) is 3. The highest BCUT2D eigenvalue weighted by molar-refractivity contribution is 5.94. The Labute approximate surface area is 125 Å². The lowest BCUT2D eigenvalue weighted by atomic mass is 9.87. The van der Waals surface area contributed by atoms with E-state index in [9.17, 15) is 4.79 Å². The van der Waals surface area contributed by atoms with Crippen LogP contribution in [0.5, 0.6) is 0 Å². The summed E-state index contributed by atoms with van der Waals surface area (Å²) in [6.45, 7) is 7.85. The van der Waals surface area contributed by atoms with E-state index in [1.54, 1.807) is 11.0 Å².